The molecule has 0 fully saturated rings. The monoisotopic (exact) mass is 377 g/mol. The second kappa shape index (κ2) is 7.20. The van der Waals surface area contributed by atoms with Gasteiger partial charge in [-0.05, 0) is 12.1 Å². The fraction of sp³-hybridized carbons (Fsp3) is 0.100. The molecule has 0 atom stereocenters. The molecule has 2 aromatic carbocycles. The van der Waals surface area contributed by atoms with Crippen LogP contribution in [0.5, 0.6) is 0 Å². The Morgan fingerprint density at radius 2 is 1.81 bits per heavy atom. The van der Waals surface area contributed by atoms with E-state index in [0.717, 1.165) is 16.8 Å². The molecule has 6 nitrogen and oxygen atoms in total. The van der Waals surface area contributed by atoms with Gasteiger partial charge < -0.3 is 8.98 Å². The molecule has 0 bridgehead atoms. The Balaban J connectivity index is 1.54. The lowest BCUT2D eigenvalue weighted by molar-refractivity contribution is 0.101. The van der Waals surface area contributed by atoms with Crippen molar-refractivity contribution in [1.82, 2.24) is 14.8 Å². The lowest BCUT2D eigenvalue weighted by Gasteiger charge is -2.04. The molecule has 0 saturated heterocycles. The number of hydrogen-bond acceptors (Lipinski definition) is 6. The van der Waals surface area contributed by atoms with E-state index >= 15 is 0 Å². The topological polar surface area (TPSA) is 78.0 Å². The highest BCUT2D eigenvalue weighted by Crippen LogP contribution is 2.23. The van der Waals surface area contributed by atoms with Crippen molar-refractivity contribution in [2.24, 2.45) is 7.05 Å². The summed E-state index contributed by atoms with van der Waals surface area (Å²) in [4.78, 5) is 24.6. The van der Waals surface area contributed by atoms with Gasteiger partial charge in [-0.25, -0.2) is 4.79 Å². The third-order valence-corrected chi connectivity index (χ3v) is 5.16. The van der Waals surface area contributed by atoms with E-state index in [4.69, 9.17) is 4.42 Å². The minimum Gasteiger partial charge on any atom is -0.422 e. The van der Waals surface area contributed by atoms with E-state index in [0.29, 0.717) is 10.7 Å². The van der Waals surface area contributed by atoms with Crippen LogP contribution in [0.4, 0.5) is 0 Å². The molecular weight excluding hydrogens is 362 g/mol. The highest BCUT2D eigenvalue weighted by Gasteiger charge is 2.17. The maximum Gasteiger partial charge on any atom is 0.347 e. The highest BCUT2D eigenvalue weighted by atomic mass is 32.2. The van der Waals surface area contributed by atoms with E-state index in [1.807, 2.05) is 48.0 Å². The molecule has 0 aliphatic rings. The van der Waals surface area contributed by atoms with Gasteiger partial charge in [-0.15, -0.1) is 10.2 Å². The number of thioether (sulfide) groups is 1. The van der Waals surface area contributed by atoms with Gasteiger partial charge in [0.05, 0.1) is 5.75 Å². The second-order valence-electron chi connectivity index (χ2n) is 5.93. The minimum atomic E-state index is -0.623. The summed E-state index contributed by atoms with van der Waals surface area (Å²) in [6.45, 7) is 0. The van der Waals surface area contributed by atoms with E-state index in [1.165, 1.54) is 11.8 Å². The number of rotatable bonds is 5. The SMILES string of the molecule is Cn1c(SCC(=O)c2cc3ccccc3oc2=O)nnc1-c1ccccc1. The summed E-state index contributed by atoms with van der Waals surface area (Å²) >= 11 is 1.24. The van der Waals surface area contributed by atoms with E-state index in [2.05, 4.69) is 10.2 Å². The first kappa shape index (κ1) is 17.2. The number of fused-ring (bicyclic) bond motifs is 1. The molecule has 0 saturated carbocycles. The summed E-state index contributed by atoms with van der Waals surface area (Å²) in [5.74, 6) is 0.490. The normalized spacial score (nSPS) is 11.0. The van der Waals surface area contributed by atoms with Gasteiger partial charge in [0, 0.05) is 18.0 Å². The molecule has 4 aromatic rings. The molecule has 2 aromatic heterocycles. The lowest BCUT2D eigenvalue weighted by atomic mass is 10.1. The van der Waals surface area contributed by atoms with Crippen LogP contribution < -0.4 is 5.63 Å². The second-order valence-corrected chi connectivity index (χ2v) is 6.87. The number of benzene rings is 2. The van der Waals surface area contributed by atoms with Crippen LogP contribution in [0.2, 0.25) is 0 Å². The van der Waals surface area contributed by atoms with Gasteiger partial charge >= 0.3 is 5.63 Å². The number of nitrogens with zero attached hydrogens (tertiary/aromatic N) is 3. The quantitative estimate of drug-likeness (QED) is 0.301. The lowest BCUT2D eigenvalue weighted by Crippen LogP contribution is -2.15. The fourth-order valence-electron chi connectivity index (χ4n) is 2.74. The van der Waals surface area contributed by atoms with Crippen LogP contribution in [-0.4, -0.2) is 26.3 Å². The molecule has 0 radical (unpaired) electrons. The maximum atomic E-state index is 12.5. The van der Waals surface area contributed by atoms with Crippen LogP contribution in [0.25, 0.3) is 22.4 Å². The average molecular weight is 377 g/mol. The van der Waals surface area contributed by atoms with Crippen molar-refractivity contribution in [3.63, 3.8) is 0 Å². The summed E-state index contributed by atoms with van der Waals surface area (Å²) in [5, 5.41) is 9.67. The van der Waals surface area contributed by atoms with Gasteiger partial charge in [0.1, 0.15) is 11.1 Å². The van der Waals surface area contributed by atoms with Gasteiger partial charge in [-0.3, -0.25) is 4.79 Å². The fourth-order valence-corrected chi connectivity index (χ4v) is 3.54. The predicted octanol–water partition coefficient (Wildman–Crippen LogP) is 3.56. The van der Waals surface area contributed by atoms with Crippen molar-refractivity contribution in [2.75, 3.05) is 5.75 Å². The van der Waals surface area contributed by atoms with Crippen LogP contribution in [0.1, 0.15) is 10.4 Å². The van der Waals surface area contributed by atoms with Gasteiger partial charge in [-0.2, -0.15) is 0 Å². The number of para-hydroxylation sites is 1. The molecule has 0 aliphatic heterocycles. The first-order valence-corrected chi connectivity index (χ1v) is 9.26. The summed E-state index contributed by atoms with van der Waals surface area (Å²) in [7, 11) is 1.85. The molecule has 0 amide bonds. The molecule has 134 valence electrons. The van der Waals surface area contributed by atoms with Crippen molar-refractivity contribution >= 4 is 28.5 Å². The minimum absolute atomic E-state index is 0.0478. The highest BCUT2D eigenvalue weighted by molar-refractivity contribution is 7.99. The molecule has 0 aliphatic carbocycles. The number of hydrogen-bond donors (Lipinski definition) is 0. The number of aromatic nitrogens is 3. The summed E-state index contributed by atoms with van der Waals surface area (Å²) in [5.41, 5.74) is 0.835. The van der Waals surface area contributed by atoms with E-state index in [1.54, 1.807) is 24.3 Å². The van der Waals surface area contributed by atoms with Crippen molar-refractivity contribution < 1.29 is 9.21 Å². The van der Waals surface area contributed by atoms with Gasteiger partial charge in [0.2, 0.25) is 0 Å². The Labute approximate surface area is 158 Å². The van der Waals surface area contributed by atoms with Gasteiger partial charge in [0.25, 0.3) is 0 Å². The first-order valence-electron chi connectivity index (χ1n) is 8.27. The van der Waals surface area contributed by atoms with E-state index in [9.17, 15) is 9.59 Å². The molecule has 2 heterocycles. The van der Waals surface area contributed by atoms with Crippen LogP contribution in [0.3, 0.4) is 0 Å². The molecule has 0 N–H and O–H groups in total. The predicted molar refractivity (Wildman–Crippen MR) is 104 cm³/mol. The third kappa shape index (κ3) is 3.41. The molecule has 27 heavy (non-hydrogen) atoms. The first-order chi connectivity index (χ1) is 13.1. The van der Waals surface area contributed by atoms with Gasteiger partial charge in [0.15, 0.2) is 16.8 Å². The van der Waals surface area contributed by atoms with Crippen LogP contribution in [0.15, 0.2) is 75.0 Å². The number of Topliss-reactive ketones (excluding diaryl/α,β-unsaturated/α-hetero) is 1. The summed E-state index contributed by atoms with van der Waals surface area (Å²) in [6.07, 6.45) is 0. The summed E-state index contributed by atoms with van der Waals surface area (Å²) in [6, 6.07) is 18.4. The van der Waals surface area contributed by atoms with Crippen LogP contribution in [-0.2, 0) is 7.05 Å². The number of carbonyl (C=O) groups excluding carboxylic acids is 1. The Hall–Kier alpha value is -3.19. The Kier molecular flexibility index (Phi) is 4.60. The zero-order valence-electron chi connectivity index (χ0n) is 14.5. The zero-order chi connectivity index (χ0) is 18.8. The van der Waals surface area contributed by atoms with Crippen molar-refractivity contribution in [2.45, 2.75) is 5.16 Å². The largest absolute Gasteiger partial charge is 0.422 e. The molecular formula is C20H15N3O3S. The standard InChI is InChI=1S/C20H15N3O3S/c1-23-18(13-7-3-2-4-8-13)21-22-20(23)27-12-16(24)15-11-14-9-5-6-10-17(14)26-19(15)25/h2-11H,12H2,1H3. The Morgan fingerprint density at radius 3 is 2.63 bits per heavy atom. The smallest absolute Gasteiger partial charge is 0.347 e. The van der Waals surface area contributed by atoms with Crippen LogP contribution in [0, 0.1) is 0 Å². The molecule has 0 spiro atoms. The number of ketones is 1. The summed E-state index contributed by atoms with van der Waals surface area (Å²) < 4.78 is 7.06. The Morgan fingerprint density at radius 1 is 1.07 bits per heavy atom. The van der Waals surface area contributed by atoms with Crippen molar-refractivity contribution in [3.05, 3.63) is 76.6 Å². The van der Waals surface area contributed by atoms with Crippen molar-refractivity contribution in [1.29, 1.82) is 0 Å². The average Bonchev–Trinajstić information content (AvgIpc) is 3.06. The van der Waals surface area contributed by atoms with Crippen molar-refractivity contribution in [3.8, 4) is 11.4 Å². The van der Waals surface area contributed by atoms with E-state index in [-0.39, 0.29) is 17.1 Å². The number of carbonyl (C=O) groups is 1. The zero-order valence-corrected chi connectivity index (χ0v) is 15.3. The van der Waals surface area contributed by atoms with Gasteiger partial charge in [-0.1, -0.05) is 60.3 Å². The molecule has 0 unspecified atom stereocenters. The van der Waals surface area contributed by atoms with E-state index < -0.39 is 5.63 Å². The molecule has 4 rings (SSSR count). The maximum absolute atomic E-state index is 12.5. The third-order valence-electron chi connectivity index (χ3n) is 4.14. The molecule has 7 heteroatoms. The van der Waals surface area contributed by atoms with Crippen LogP contribution >= 0.6 is 11.8 Å². The Bertz CT molecular complexity index is 1180.